The molecule has 27 heavy (non-hydrogen) atoms. The van der Waals surface area contributed by atoms with Crippen molar-refractivity contribution >= 4 is 23.1 Å². The van der Waals surface area contributed by atoms with Crippen molar-refractivity contribution in [2.75, 3.05) is 11.9 Å². The van der Waals surface area contributed by atoms with Gasteiger partial charge in [0.05, 0.1) is 4.88 Å². The zero-order valence-corrected chi connectivity index (χ0v) is 16.1. The van der Waals surface area contributed by atoms with Gasteiger partial charge in [-0.15, -0.1) is 11.3 Å². The summed E-state index contributed by atoms with van der Waals surface area (Å²) in [5, 5.41) is 2.89. The first kappa shape index (κ1) is 17.8. The molecule has 0 radical (unpaired) electrons. The Bertz CT molecular complexity index is 925. The summed E-state index contributed by atoms with van der Waals surface area (Å²) in [4.78, 5) is 25.4. The largest absolute Gasteiger partial charge is 0.306 e. The van der Waals surface area contributed by atoms with Gasteiger partial charge in [-0.3, -0.25) is 14.7 Å². The van der Waals surface area contributed by atoms with Gasteiger partial charge >= 0.3 is 0 Å². The number of likely N-dealkylation sites (tertiary alicyclic amines) is 1. The van der Waals surface area contributed by atoms with E-state index in [1.807, 2.05) is 37.4 Å². The topological polar surface area (TPSA) is 58.1 Å². The van der Waals surface area contributed by atoms with Gasteiger partial charge in [-0.1, -0.05) is 6.07 Å². The van der Waals surface area contributed by atoms with Crippen LogP contribution in [0.5, 0.6) is 0 Å². The molecule has 1 aliphatic rings. The number of nitrogens with one attached hydrogen (secondary N) is 1. The monoisotopic (exact) mass is 378 g/mol. The maximum absolute atomic E-state index is 12.6. The number of carbonyl (C=O) groups is 1. The Kier molecular flexibility index (Phi) is 5.27. The minimum absolute atomic E-state index is 0.0962. The molecule has 0 spiro atoms. The van der Waals surface area contributed by atoms with Gasteiger partial charge in [-0.2, -0.15) is 0 Å². The average Bonchev–Trinajstić information content (AvgIpc) is 3.32. The van der Waals surface area contributed by atoms with Crippen molar-refractivity contribution in [1.82, 2.24) is 14.9 Å². The number of nitrogens with zero attached hydrogens (tertiary/aromatic N) is 3. The van der Waals surface area contributed by atoms with Crippen molar-refractivity contribution in [2.24, 2.45) is 0 Å². The molecule has 3 aromatic rings. The molecule has 1 amide bonds. The van der Waals surface area contributed by atoms with Gasteiger partial charge in [0, 0.05) is 36.1 Å². The first-order chi connectivity index (χ1) is 13.2. The van der Waals surface area contributed by atoms with E-state index in [0.717, 1.165) is 30.0 Å². The molecule has 0 saturated carbocycles. The number of aromatic nitrogens is 2. The summed E-state index contributed by atoms with van der Waals surface area (Å²) in [6.07, 6.45) is 7.74. The first-order valence-electron chi connectivity index (χ1n) is 9.16. The standard InChI is InChI=1S/C21H22N4OS/c1-15-8-10-23-20(12-15)24-21(26)19-7-6-18(27-19)17-5-3-11-25(17)14-16-4-2-9-22-13-16/h2,4,6-10,12-13,17H,3,5,11,14H2,1H3,(H,23,24,26)/t17-/m0/s1. The second-order valence-corrected chi connectivity index (χ2v) is 7.98. The van der Waals surface area contributed by atoms with Gasteiger partial charge in [0.25, 0.3) is 5.91 Å². The molecule has 5 nitrogen and oxygen atoms in total. The number of thiophene rings is 1. The molecule has 6 heteroatoms. The number of anilines is 1. The van der Waals surface area contributed by atoms with E-state index in [1.54, 1.807) is 23.7 Å². The lowest BCUT2D eigenvalue weighted by Crippen LogP contribution is -2.22. The van der Waals surface area contributed by atoms with Crippen LogP contribution in [0.3, 0.4) is 0 Å². The third-order valence-corrected chi connectivity index (χ3v) is 5.99. The van der Waals surface area contributed by atoms with Crippen LogP contribution in [0.25, 0.3) is 0 Å². The highest BCUT2D eigenvalue weighted by molar-refractivity contribution is 7.14. The van der Waals surface area contributed by atoms with E-state index in [-0.39, 0.29) is 5.91 Å². The Balaban J connectivity index is 1.45. The fraction of sp³-hybridized carbons (Fsp3) is 0.286. The minimum atomic E-state index is -0.0962. The fourth-order valence-corrected chi connectivity index (χ4v) is 4.57. The summed E-state index contributed by atoms with van der Waals surface area (Å²) in [6.45, 7) is 3.95. The molecule has 1 saturated heterocycles. The van der Waals surface area contributed by atoms with Crippen molar-refractivity contribution in [2.45, 2.75) is 32.4 Å². The van der Waals surface area contributed by atoms with Crippen LogP contribution in [0, 0.1) is 6.92 Å². The van der Waals surface area contributed by atoms with Crippen LogP contribution in [0.15, 0.2) is 55.0 Å². The molecule has 0 bridgehead atoms. The van der Waals surface area contributed by atoms with E-state index in [1.165, 1.54) is 16.9 Å². The molecule has 0 unspecified atom stereocenters. The van der Waals surface area contributed by atoms with Gasteiger partial charge < -0.3 is 5.32 Å². The zero-order valence-electron chi connectivity index (χ0n) is 15.3. The number of pyridine rings is 2. The van der Waals surface area contributed by atoms with Gasteiger partial charge in [-0.25, -0.2) is 4.98 Å². The summed E-state index contributed by atoms with van der Waals surface area (Å²) in [7, 11) is 0. The summed E-state index contributed by atoms with van der Waals surface area (Å²) in [5.74, 6) is 0.496. The molecule has 1 fully saturated rings. The first-order valence-corrected chi connectivity index (χ1v) is 9.97. The molecular weight excluding hydrogens is 356 g/mol. The highest BCUT2D eigenvalue weighted by Crippen LogP contribution is 2.36. The lowest BCUT2D eigenvalue weighted by Gasteiger charge is -2.23. The van der Waals surface area contributed by atoms with Crippen molar-refractivity contribution in [1.29, 1.82) is 0 Å². The Morgan fingerprint density at radius 2 is 2.22 bits per heavy atom. The van der Waals surface area contributed by atoms with E-state index in [2.05, 4.69) is 32.3 Å². The molecule has 0 aliphatic carbocycles. The second-order valence-electron chi connectivity index (χ2n) is 6.86. The molecule has 4 rings (SSSR count). The van der Waals surface area contributed by atoms with Crippen LogP contribution in [0.2, 0.25) is 0 Å². The smallest absolute Gasteiger partial charge is 0.266 e. The number of amides is 1. The quantitative estimate of drug-likeness (QED) is 0.713. The maximum atomic E-state index is 12.6. The van der Waals surface area contributed by atoms with Gasteiger partial charge in [0.1, 0.15) is 5.82 Å². The Morgan fingerprint density at radius 1 is 1.30 bits per heavy atom. The summed E-state index contributed by atoms with van der Waals surface area (Å²) >= 11 is 1.58. The molecular formula is C21H22N4OS. The predicted octanol–water partition coefficient (Wildman–Crippen LogP) is 4.44. The van der Waals surface area contributed by atoms with E-state index in [9.17, 15) is 4.79 Å². The van der Waals surface area contributed by atoms with E-state index < -0.39 is 0 Å². The number of rotatable bonds is 5. The van der Waals surface area contributed by atoms with Crippen LogP contribution in [0.4, 0.5) is 5.82 Å². The maximum Gasteiger partial charge on any atom is 0.266 e. The Labute approximate surface area is 163 Å². The number of carbonyl (C=O) groups excluding carboxylic acids is 1. The fourth-order valence-electron chi connectivity index (χ4n) is 3.50. The van der Waals surface area contributed by atoms with Crippen molar-refractivity contribution < 1.29 is 4.79 Å². The van der Waals surface area contributed by atoms with Crippen molar-refractivity contribution in [3.05, 3.63) is 75.9 Å². The minimum Gasteiger partial charge on any atom is -0.306 e. The number of hydrogen-bond donors (Lipinski definition) is 1. The van der Waals surface area contributed by atoms with Crippen molar-refractivity contribution in [3.8, 4) is 0 Å². The molecule has 1 N–H and O–H groups in total. The molecule has 4 heterocycles. The van der Waals surface area contributed by atoms with Gasteiger partial charge in [-0.05, 0) is 67.8 Å². The highest BCUT2D eigenvalue weighted by Gasteiger charge is 2.27. The molecule has 1 aliphatic heterocycles. The molecule has 1 atom stereocenters. The molecule has 138 valence electrons. The van der Waals surface area contributed by atoms with E-state index in [0.29, 0.717) is 11.9 Å². The van der Waals surface area contributed by atoms with Crippen LogP contribution >= 0.6 is 11.3 Å². The number of hydrogen-bond acceptors (Lipinski definition) is 5. The van der Waals surface area contributed by atoms with Gasteiger partial charge in [0.15, 0.2) is 0 Å². The Hall–Kier alpha value is -2.57. The third-order valence-electron chi connectivity index (χ3n) is 4.81. The average molecular weight is 379 g/mol. The van der Waals surface area contributed by atoms with E-state index in [4.69, 9.17) is 0 Å². The Morgan fingerprint density at radius 3 is 3.04 bits per heavy atom. The third kappa shape index (κ3) is 4.23. The zero-order chi connectivity index (χ0) is 18.6. The summed E-state index contributed by atoms with van der Waals surface area (Å²) < 4.78 is 0. The summed E-state index contributed by atoms with van der Waals surface area (Å²) in [6, 6.07) is 12.3. The molecule has 3 aromatic heterocycles. The van der Waals surface area contributed by atoms with Crippen molar-refractivity contribution in [3.63, 3.8) is 0 Å². The van der Waals surface area contributed by atoms with Crippen LogP contribution in [0.1, 0.15) is 44.6 Å². The molecule has 0 aromatic carbocycles. The summed E-state index contributed by atoms with van der Waals surface area (Å²) in [5.41, 5.74) is 2.30. The van der Waals surface area contributed by atoms with E-state index >= 15 is 0 Å². The normalized spacial score (nSPS) is 17.1. The van der Waals surface area contributed by atoms with Gasteiger partial charge in [0.2, 0.25) is 0 Å². The number of aryl methyl sites for hydroxylation is 1. The lowest BCUT2D eigenvalue weighted by atomic mass is 10.1. The second kappa shape index (κ2) is 7.98. The van der Waals surface area contributed by atoms with Crippen LogP contribution in [-0.4, -0.2) is 27.3 Å². The van der Waals surface area contributed by atoms with Crippen LogP contribution < -0.4 is 5.32 Å². The van der Waals surface area contributed by atoms with Crippen LogP contribution in [-0.2, 0) is 6.54 Å². The SMILES string of the molecule is Cc1ccnc(NC(=O)c2ccc([C@@H]3CCCN3Cc3cccnc3)s2)c1. The predicted molar refractivity (Wildman–Crippen MR) is 108 cm³/mol. The lowest BCUT2D eigenvalue weighted by molar-refractivity contribution is 0.103. The highest BCUT2D eigenvalue weighted by atomic mass is 32.1.